The molecule has 0 heterocycles. The van der Waals surface area contributed by atoms with Gasteiger partial charge in [0.2, 0.25) is 0 Å². The summed E-state index contributed by atoms with van der Waals surface area (Å²) < 4.78 is 17.0. The van der Waals surface area contributed by atoms with Crippen LogP contribution in [0.25, 0.3) is 0 Å². The molecule has 82 heavy (non-hydrogen) atoms. The van der Waals surface area contributed by atoms with Gasteiger partial charge in [-0.15, -0.1) is 0 Å². The Morgan fingerprint density at radius 1 is 0.232 bits per heavy atom. The summed E-state index contributed by atoms with van der Waals surface area (Å²) in [6.45, 7) is 6.71. The van der Waals surface area contributed by atoms with Gasteiger partial charge in [-0.2, -0.15) is 0 Å². The molecule has 1 unspecified atom stereocenters. The molecule has 486 valence electrons. The molecule has 0 spiro atoms. The first-order valence-electron chi connectivity index (χ1n) is 37.7. The van der Waals surface area contributed by atoms with Crippen molar-refractivity contribution in [2.24, 2.45) is 0 Å². The molecule has 6 heteroatoms. The Morgan fingerprint density at radius 3 is 0.634 bits per heavy atom. The van der Waals surface area contributed by atoms with Gasteiger partial charge in [0.15, 0.2) is 6.10 Å². The number of carbonyl (C=O) groups excluding carboxylic acids is 3. The van der Waals surface area contributed by atoms with Crippen LogP contribution in [0.2, 0.25) is 0 Å². The number of hydrogen-bond acceptors (Lipinski definition) is 6. The fraction of sp³-hybridized carbons (Fsp3) is 0.934. The van der Waals surface area contributed by atoms with Crippen LogP contribution in [0.1, 0.15) is 438 Å². The lowest BCUT2D eigenvalue weighted by atomic mass is 10.0. The van der Waals surface area contributed by atoms with E-state index in [-0.39, 0.29) is 31.1 Å². The number of allylic oxidation sites excluding steroid dienone is 2. The number of esters is 3. The van der Waals surface area contributed by atoms with Gasteiger partial charge in [-0.05, 0) is 44.9 Å². The second-order valence-electron chi connectivity index (χ2n) is 25.9. The Morgan fingerprint density at radius 2 is 0.402 bits per heavy atom. The summed E-state index contributed by atoms with van der Waals surface area (Å²) >= 11 is 0. The van der Waals surface area contributed by atoms with E-state index in [2.05, 4.69) is 32.9 Å². The first-order valence-corrected chi connectivity index (χ1v) is 37.7. The van der Waals surface area contributed by atoms with Gasteiger partial charge in [-0.1, -0.05) is 386 Å². The quantitative estimate of drug-likeness (QED) is 0.0261. The topological polar surface area (TPSA) is 78.9 Å². The van der Waals surface area contributed by atoms with E-state index in [9.17, 15) is 14.4 Å². The maximum atomic E-state index is 13.0. The number of unbranched alkanes of at least 4 members (excludes halogenated alkanes) is 58. The second kappa shape index (κ2) is 71.6. The van der Waals surface area contributed by atoms with Gasteiger partial charge >= 0.3 is 17.9 Å². The second-order valence-corrected chi connectivity index (χ2v) is 25.9. The summed E-state index contributed by atoms with van der Waals surface area (Å²) in [7, 11) is 0. The van der Waals surface area contributed by atoms with Crippen LogP contribution in [-0.4, -0.2) is 37.2 Å². The Kier molecular flexibility index (Phi) is 70.0. The minimum atomic E-state index is -0.770. The molecule has 1 atom stereocenters. The predicted molar refractivity (Wildman–Crippen MR) is 358 cm³/mol. The third-order valence-corrected chi connectivity index (χ3v) is 17.5. The van der Waals surface area contributed by atoms with Gasteiger partial charge in [-0.25, -0.2) is 0 Å². The van der Waals surface area contributed by atoms with Crippen molar-refractivity contribution in [1.82, 2.24) is 0 Å². The molecule has 0 aliphatic rings. The molecule has 0 saturated carbocycles. The molecule has 0 aromatic rings. The van der Waals surface area contributed by atoms with Gasteiger partial charge < -0.3 is 14.2 Å². The molecule has 0 rings (SSSR count). The molecule has 0 aliphatic carbocycles. The highest BCUT2D eigenvalue weighted by Gasteiger charge is 2.20. The molecule has 0 radical (unpaired) electrons. The molecule has 6 nitrogen and oxygen atoms in total. The molecule has 0 fully saturated rings. The van der Waals surface area contributed by atoms with E-state index in [1.807, 2.05) is 0 Å². The smallest absolute Gasteiger partial charge is 0.306 e. The number of hydrogen-bond donors (Lipinski definition) is 0. The van der Waals surface area contributed by atoms with E-state index in [1.54, 1.807) is 0 Å². The van der Waals surface area contributed by atoms with Crippen molar-refractivity contribution < 1.29 is 28.6 Å². The van der Waals surface area contributed by atoms with Crippen LogP contribution in [0.3, 0.4) is 0 Å². The first-order chi connectivity index (χ1) is 40.5. The molecule has 0 N–H and O–H groups in total. The minimum absolute atomic E-state index is 0.0656. The third-order valence-electron chi connectivity index (χ3n) is 17.5. The van der Waals surface area contributed by atoms with Gasteiger partial charge in [0.25, 0.3) is 0 Å². The highest BCUT2D eigenvalue weighted by atomic mass is 16.6. The van der Waals surface area contributed by atoms with E-state index in [1.165, 1.54) is 334 Å². The van der Waals surface area contributed by atoms with E-state index in [0.29, 0.717) is 19.3 Å². The first kappa shape index (κ1) is 80.2. The van der Waals surface area contributed by atoms with Crippen LogP contribution in [0, 0.1) is 0 Å². The van der Waals surface area contributed by atoms with Gasteiger partial charge in [0.1, 0.15) is 13.2 Å². The summed E-state index contributed by atoms with van der Waals surface area (Å²) in [6, 6.07) is 0. The van der Waals surface area contributed by atoms with Crippen LogP contribution in [0.15, 0.2) is 12.2 Å². The van der Waals surface area contributed by atoms with Gasteiger partial charge in [0.05, 0.1) is 0 Å². The predicted octanol–water partition coefficient (Wildman–Crippen LogP) is 26.0. The molecular weight excluding hydrogens is 1010 g/mol. The minimum Gasteiger partial charge on any atom is -0.462 e. The Hall–Kier alpha value is -1.85. The lowest BCUT2D eigenvalue weighted by Gasteiger charge is -2.18. The molecule has 0 aliphatic heterocycles. The van der Waals surface area contributed by atoms with Crippen LogP contribution >= 0.6 is 0 Å². The normalized spacial score (nSPS) is 12.0. The monoisotopic (exact) mass is 1160 g/mol. The average molecular weight is 1160 g/mol. The number of carbonyl (C=O) groups is 3. The van der Waals surface area contributed by atoms with E-state index < -0.39 is 6.10 Å². The number of rotatable bonds is 71. The summed E-state index contributed by atoms with van der Waals surface area (Å²) in [4.78, 5) is 38.4. The zero-order valence-electron chi connectivity index (χ0n) is 56.1. The van der Waals surface area contributed by atoms with Crippen molar-refractivity contribution in [3.05, 3.63) is 12.2 Å². The molecule has 0 saturated heterocycles. The third kappa shape index (κ3) is 68.9. The zero-order valence-corrected chi connectivity index (χ0v) is 56.1. The fourth-order valence-electron chi connectivity index (χ4n) is 11.9. The van der Waals surface area contributed by atoms with Gasteiger partial charge in [-0.3, -0.25) is 14.4 Å². The molecule has 0 aromatic carbocycles. The summed E-state index contributed by atoms with van der Waals surface area (Å²) in [5.41, 5.74) is 0. The summed E-state index contributed by atoms with van der Waals surface area (Å²) in [5.74, 6) is -0.838. The Labute approximate surface area is 513 Å². The zero-order chi connectivity index (χ0) is 59.2. The van der Waals surface area contributed by atoms with Gasteiger partial charge in [0, 0.05) is 19.3 Å². The SMILES string of the molecule is CCCCC/C=C\CCCCCCCC(=O)OCC(COC(=O)CCCCCCCCCCCCCCCCCCCCCCCCCCCCCCCC)OC(=O)CCCCCCCCCCCCCCCCCCCCCCCC. The molecular formula is C76H146O6. The van der Waals surface area contributed by atoms with Crippen molar-refractivity contribution in [2.75, 3.05) is 13.2 Å². The van der Waals surface area contributed by atoms with E-state index in [0.717, 1.165) is 64.2 Å². The van der Waals surface area contributed by atoms with Crippen LogP contribution in [-0.2, 0) is 28.6 Å². The summed E-state index contributed by atoms with van der Waals surface area (Å²) in [6.07, 6.45) is 87.0. The highest BCUT2D eigenvalue weighted by molar-refractivity contribution is 5.71. The largest absolute Gasteiger partial charge is 0.462 e. The van der Waals surface area contributed by atoms with Crippen molar-refractivity contribution >= 4 is 17.9 Å². The van der Waals surface area contributed by atoms with E-state index >= 15 is 0 Å². The molecule has 0 amide bonds. The molecule has 0 aromatic heterocycles. The highest BCUT2D eigenvalue weighted by Crippen LogP contribution is 2.20. The van der Waals surface area contributed by atoms with Crippen molar-refractivity contribution in [1.29, 1.82) is 0 Å². The standard InChI is InChI=1S/C76H146O6/c1-4-7-10-13-16-19-22-25-27-29-31-33-35-36-37-38-39-40-41-42-44-45-47-49-51-54-57-60-63-66-69-75(78)81-72-73(71-80-74(77)68-65-62-59-56-53-24-21-18-15-12-9-6-3)82-76(79)70-67-64-61-58-55-52-50-48-46-43-34-32-30-28-26-23-20-17-14-11-8-5-2/h18,21,73H,4-17,19-20,22-72H2,1-3H3/b21-18-. The van der Waals surface area contributed by atoms with Crippen LogP contribution in [0.5, 0.6) is 0 Å². The lowest BCUT2D eigenvalue weighted by Crippen LogP contribution is -2.30. The van der Waals surface area contributed by atoms with Crippen molar-refractivity contribution in [2.45, 2.75) is 444 Å². The maximum Gasteiger partial charge on any atom is 0.306 e. The van der Waals surface area contributed by atoms with Crippen LogP contribution < -0.4 is 0 Å². The number of ether oxygens (including phenoxy) is 3. The van der Waals surface area contributed by atoms with Crippen molar-refractivity contribution in [3.8, 4) is 0 Å². The lowest BCUT2D eigenvalue weighted by molar-refractivity contribution is -0.167. The van der Waals surface area contributed by atoms with E-state index in [4.69, 9.17) is 14.2 Å². The molecule has 0 bridgehead atoms. The van der Waals surface area contributed by atoms with Crippen LogP contribution in [0.4, 0.5) is 0 Å². The fourth-order valence-corrected chi connectivity index (χ4v) is 11.9. The summed E-state index contributed by atoms with van der Waals surface area (Å²) in [5, 5.41) is 0. The maximum absolute atomic E-state index is 13.0. The Balaban J connectivity index is 4.11. The van der Waals surface area contributed by atoms with Crippen molar-refractivity contribution in [3.63, 3.8) is 0 Å². The average Bonchev–Trinajstić information content (AvgIpc) is 3.48. The Bertz CT molecular complexity index is 1280.